The highest BCUT2D eigenvalue weighted by Crippen LogP contribution is 2.15. The highest BCUT2D eigenvalue weighted by molar-refractivity contribution is 7.94. The lowest BCUT2D eigenvalue weighted by molar-refractivity contribution is -0.330. The van der Waals surface area contributed by atoms with Gasteiger partial charge >= 0.3 is 12.3 Å². The Balaban J connectivity index is 0. The molecule has 0 unspecified atom stereocenters. The molecular weight excluding hydrogens is 225 g/mol. The third-order valence-electron chi connectivity index (χ3n) is 0.375. The summed E-state index contributed by atoms with van der Waals surface area (Å²) in [5, 5.41) is 9.29. The van der Waals surface area contributed by atoms with Gasteiger partial charge in [0.15, 0.2) is 5.97 Å². The van der Waals surface area contributed by atoms with Crippen LogP contribution < -0.4 is 5.11 Å². The second-order valence-electron chi connectivity index (χ2n) is 2.35. The zero-order valence-corrected chi connectivity index (χ0v) is 8.49. The molecule has 0 aliphatic heterocycles. The van der Waals surface area contributed by atoms with Gasteiger partial charge in [0.05, 0.1) is 18.8 Å². The Morgan fingerprint density at radius 2 is 1.50 bits per heavy atom. The number of alkyl halides is 3. The Morgan fingerprint density at radius 3 is 1.57 bits per heavy atom. The summed E-state index contributed by atoms with van der Waals surface area (Å²) in [6, 6.07) is 0. The molecule has 0 aliphatic carbocycles. The van der Waals surface area contributed by atoms with E-state index in [1.807, 2.05) is 0 Å². The highest BCUT2D eigenvalue weighted by atomic mass is 32.2. The van der Waals surface area contributed by atoms with Crippen molar-refractivity contribution in [2.24, 2.45) is 0 Å². The molecule has 0 rings (SSSR count). The van der Waals surface area contributed by atoms with Crippen molar-refractivity contribution < 1.29 is 32.6 Å². The van der Waals surface area contributed by atoms with Crippen molar-refractivity contribution in [3.8, 4) is 0 Å². The average molecular weight is 234 g/mol. The molecule has 0 saturated heterocycles. The Labute approximate surface area is 81.4 Å². The summed E-state index contributed by atoms with van der Waals surface area (Å²) in [5.74, 6) is -4.98. The molecule has 0 fully saturated rings. The number of aliphatic carboxylic acids is 1. The molecule has 0 aromatic carbocycles. The summed E-state index contributed by atoms with van der Waals surface area (Å²) in [6.07, 6.45) is 1.32. The van der Waals surface area contributed by atoms with Gasteiger partial charge in [-0.3, -0.25) is 0 Å². The van der Waals surface area contributed by atoms with E-state index in [0.29, 0.717) is 10.9 Å². The summed E-state index contributed by atoms with van der Waals surface area (Å²) in [5.41, 5.74) is 0. The van der Waals surface area contributed by atoms with Crippen molar-refractivity contribution in [1.29, 1.82) is 0 Å². The first-order chi connectivity index (χ1) is 6.06. The topological polar surface area (TPSA) is 66.4 Å². The van der Waals surface area contributed by atoms with Crippen molar-refractivity contribution in [2.45, 2.75) is 6.36 Å². The second kappa shape index (κ2) is 6.52. The number of carboxylic acid groups (broad SMARTS) is 1. The Morgan fingerprint density at radius 1 is 1.21 bits per heavy atom. The smallest absolute Gasteiger partial charge is 0.539 e. The molecule has 84 valence electrons. The molecule has 0 spiro atoms. The molecule has 0 bridgehead atoms. The third kappa shape index (κ3) is 17.2. The van der Waals surface area contributed by atoms with Crippen molar-refractivity contribution in [3.05, 3.63) is 0 Å². The van der Waals surface area contributed by atoms with Gasteiger partial charge in [-0.05, 0) is 10.9 Å². The first kappa shape index (κ1) is 15.5. The van der Waals surface area contributed by atoms with Gasteiger partial charge in [-0.15, -0.1) is 13.2 Å². The zero-order valence-electron chi connectivity index (χ0n) is 7.68. The molecule has 0 aromatic heterocycles. The number of hydrogen-bond donors (Lipinski definition) is 0. The molecule has 14 heavy (non-hydrogen) atoms. The van der Waals surface area contributed by atoms with Gasteiger partial charge < -0.3 is 14.6 Å². The van der Waals surface area contributed by atoms with E-state index in [0.717, 1.165) is 0 Å². The summed E-state index contributed by atoms with van der Waals surface area (Å²) in [7, 11) is 0.639. The van der Waals surface area contributed by atoms with Crippen molar-refractivity contribution in [2.75, 3.05) is 18.8 Å². The van der Waals surface area contributed by atoms with Gasteiger partial charge in [0.25, 0.3) is 0 Å². The van der Waals surface area contributed by atoms with Crippen LogP contribution in [0, 0.1) is 0 Å². The maximum atomic E-state index is 10.9. The van der Waals surface area contributed by atoms with E-state index in [1.165, 1.54) is 0 Å². The number of rotatable bonds is 0. The molecule has 0 radical (unpaired) electrons. The first-order valence-electron chi connectivity index (χ1n) is 3.06. The van der Waals surface area contributed by atoms with E-state index >= 15 is 0 Å². The number of hydrogen-bond acceptors (Lipinski definition) is 4. The number of esters is 1. The Hall–Kier alpha value is -0.920. The fourth-order valence-corrected chi connectivity index (χ4v) is 0.147. The fraction of sp³-hybridized carbons (Fsp3) is 0.667. The maximum Gasteiger partial charge on any atom is 0.575 e. The summed E-state index contributed by atoms with van der Waals surface area (Å²) in [4.78, 5) is 18.8. The normalized spacial score (nSPS) is 10.2. The van der Waals surface area contributed by atoms with Crippen molar-refractivity contribution in [1.82, 2.24) is 0 Å². The Kier molecular flexibility index (Phi) is 7.24. The quantitative estimate of drug-likeness (QED) is 0.315. The molecule has 0 amide bonds. The molecule has 4 nitrogen and oxygen atoms in total. The van der Waals surface area contributed by atoms with E-state index in [-0.39, 0.29) is 0 Å². The van der Waals surface area contributed by atoms with Crippen LogP contribution in [-0.2, 0) is 25.2 Å². The van der Waals surface area contributed by atoms with E-state index in [4.69, 9.17) is 0 Å². The van der Waals surface area contributed by atoms with Crippen LogP contribution in [0.2, 0.25) is 0 Å². The van der Waals surface area contributed by atoms with Crippen LogP contribution in [0.3, 0.4) is 0 Å². The van der Waals surface area contributed by atoms with Crippen molar-refractivity contribution >= 4 is 22.8 Å². The van der Waals surface area contributed by atoms with Crippen LogP contribution in [-0.4, -0.2) is 37.1 Å². The van der Waals surface area contributed by atoms with Gasteiger partial charge in [-0.1, -0.05) is 0 Å². The SMILES string of the molecule is C[S+](C)C.O=C([O-])C(=O)OC(F)(F)F. The van der Waals surface area contributed by atoms with Gasteiger partial charge in [0.1, 0.15) is 0 Å². The van der Waals surface area contributed by atoms with Gasteiger partial charge in [-0.2, -0.15) is 0 Å². The molecule has 0 saturated carbocycles. The predicted molar refractivity (Wildman–Crippen MR) is 42.3 cm³/mol. The highest BCUT2D eigenvalue weighted by Gasteiger charge is 2.34. The fourth-order valence-electron chi connectivity index (χ4n) is 0.147. The van der Waals surface area contributed by atoms with Gasteiger partial charge in [-0.25, -0.2) is 4.79 Å². The lowest BCUT2D eigenvalue weighted by Crippen LogP contribution is -2.36. The first-order valence-corrected chi connectivity index (χ1v) is 5.51. The zero-order chi connectivity index (χ0) is 11.9. The molecule has 0 aromatic rings. The standard InChI is InChI=1S/C3HF3O4.C3H9S/c4-3(5,6)10-2(9)1(7)8;1-4(2)3/h(H,7,8);1-3H3/q;+1/p-1. The minimum absolute atomic E-state index is 0.639. The largest absolute Gasteiger partial charge is 0.575 e. The van der Waals surface area contributed by atoms with Crippen LogP contribution in [0.25, 0.3) is 0 Å². The van der Waals surface area contributed by atoms with E-state index in [1.54, 1.807) is 0 Å². The van der Waals surface area contributed by atoms with Crippen LogP contribution in [0.1, 0.15) is 0 Å². The number of halogens is 3. The summed E-state index contributed by atoms with van der Waals surface area (Å²) >= 11 is 0. The summed E-state index contributed by atoms with van der Waals surface area (Å²) < 4.78 is 35.2. The molecule has 0 heterocycles. The van der Waals surface area contributed by atoms with E-state index < -0.39 is 18.3 Å². The van der Waals surface area contributed by atoms with Crippen LogP contribution in [0.4, 0.5) is 13.2 Å². The average Bonchev–Trinajstić information content (AvgIpc) is 1.81. The lowest BCUT2D eigenvalue weighted by atomic mass is 10.7. The van der Waals surface area contributed by atoms with E-state index in [2.05, 4.69) is 23.5 Å². The van der Waals surface area contributed by atoms with Crippen LogP contribution in [0.15, 0.2) is 0 Å². The number of ether oxygens (including phenoxy) is 1. The second-order valence-corrected chi connectivity index (χ2v) is 4.80. The van der Waals surface area contributed by atoms with Crippen LogP contribution >= 0.6 is 0 Å². The predicted octanol–water partition coefficient (Wildman–Crippen LogP) is -0.707. The van der Waals surface area contributed by atoms with Crippen LogP contribution in [0.5, 0.6) is 0 Å². The monoisotopic (exact) mass is 234 g/mol. The third-order valence-corrected chi connectivity index (χ3v) is 0.375. The minimum Gasteiger partial charge on any atom is -0.539 e. The Bertz CT molecular complexity index is 199. The molecule has 8 heteroatoms. The molecule has 0 aliphatic rings. The number of carbonyl (C=O) groups excluding carboxylic acids is 2. The molecule has 0 N–H and O–H groups in total. The molecule has 0 atom stereocenters. The van der Waals surface area contributed by atoms with Crippen molar-refractivity contribution in [3.63, 3.8) is 0 Å². The summed E-state index contributed by atoms with van der Waals surface area (Å²) in [6.45, 7) is 0. The number of carboxylic acids is 1. The van der Waals surface area contributed by atoms with Gasteiger partial charge in [0, 0.05) is 0 Å². The minimum atomic E-state index is -5.27. The lowest BCUT2D eigenvalue weighted by Gasteiger charge is -2.06. The maximum absolute atomic E-state index is 10.9. The van der Waals surface area contributed by atoms with Gasteiger partial charge in [0.2, 0.25) is 0 Å². The number of carbonyl (C=O) groups is 2. The van der Waals surface area contributed by atoms with E-state index in [9.17, 15) is 27.9 Å². The molecular formula is C6H9F3O4S.